The predicted octanol–water partition coefficient (Wildman–Crippen LogP) is 3.00. The van der Waals surface area contributed by atoms with Crippen molar-refractivity contribution in [2.24, 2.45) is 0 Å². The average molecular weight is 479 g/mol. The Morgan fingerprint density at radius 2 is 1.56 bits per heavy atom. The molecule has 2 aliphatic heterocycles. The molecule has 2 aromatic carbocycles. The van der Waals surface area contributed by atoms with E-state index in [1.807, 2.05) is 4.90 Å². The fourth-order valence-corrected chi connectivity index (χ4v) is 5.65. The van der Waals surface area contributed by atoms with Crippen LogP contribution in [0.25, 0.3) is 0 Å². The van der Waals surface area contributed by atoms with Gasteiger partial charge in [-0.15, -0.1) is 0 Å². The molecule has 2 fully saturated rings. The van der Waals surface area contributed by atoms with Crippen molar-refractivity contribution in [1.82, 2.24) is 9.21 Å². The van der Waals surface area contributed by atoms with E-state index in [1.54, 1.807) is 12.1 Å². The summed E-state index contributed by atoms with van der Waals surface area (Å²) >= 11 is 5.84. The van der Waals surface area contributed by atoms with Crippen molar-refractivity contribution in [3.8, 4) is 0 Å². The maximum Gasteiger partial charge on any atom is 0.293 e. The number of carbonyl (C=O) groups is 1. The third kappa shape index (κ3) is 4.43. The Morgan fingerprint density at radius 1 is 0.938 bits per heavy atom. The Hall–Kier alpha value is -2.69. The molecular weight excluding hydrogens is 456 g/mol. The number of hydrogen-bond donors (Lipinski definition) is 0. The van der Waals surface area contributed by atoms with Crippen LogP contribution < -0.4 is 4.90 Å². The zero-order chi connectivity index (χ0) is 22.9. The summed E-state index contributed by atoms with van der Waals surface area (Å²) in [6.45, 7) is 2.21. The summed E-state index contributed by atoms with van der Waals surface area (Å²) in [7, 11) is -3.68. The van der Waals surface area contributed by atoms with Crippen molar-refractivity contribution >= 4 is 38.9 Å². The fourth-order valence-electron chi connectivity index (χ4n) is 4.10. The lowest BCUT2D eigenvalue weighted by Gasteiger charge is -2.34. The van der Waals surface area contributed by atoms with Gasteiger partial charge in [-0.3, -0.25) is 14.9 Å². The van der Waals surface area contributed by atoms with Gasteiger partial charge in [0.15, 0.2) is 0 Å². The Labute approximate surface area is 191 Å². The quantitative estimate of drug-likeness (QED) is 0.483. The molecule has 2 saturated heterocycles. The van der Waals surface area contributed by atoms with Gasteiger partial charge in [0.1, 0.15) is 5.69 Å². The molecule has 9 nitrogen and oxygen atoms in total. The highest BCUT2D eigenvalue weighted by Gasteiger charge is 2.31. The lowest BCUT2D eigenvalue weighted by Crippen LogP contribution is -2.50. The minimum atomic E-state index is -3.68. The Balaban J connectivity index is 1.47. The highest BCUT2D eigenvalue weighted by Crippen LogP contribution is 2.32. The largest absolute Gasteiger partial charge is 0.366 e. The number of hydrogen-bond acceptors (Lipinski definition) is 6. The highest BCUT2D eigenvalue weighted by atomic mass is 35.5. The molecular formula is C21H23ClN4O5S. The third-order valence-corrected chi connectivity index (χ3v) is 8.01. The van der Waals surface area contributed by atoms with Gasteiger partial charge in [0.05, 0.1) is 9.82 Å². The average Bonchev–Trinajstić information content (AvgIpc) is 3.33. The summed E-state index contributed by atoms with van der Waals surface area (Å²) in [6, 6.07) is 10.5. The molecule has 2 aromatic rings. The molecule has 0 aliphatic carbocycles. The van der Waals surface area contributed by atoms with Gasteiger partial charge >= 0.3 is 0 Å². The van der Waals surface area contributed by atoms with Gasteiger partial charge in [0.2, 0.25) is 10.0 Å². The first-order chi connectivity index (χ1) is 15.3. The Bertz CT molecular complexity index is 1130. The SMILES string of the molecule is O=C(c1ccc(N2CCCC2)c([N+](=O)[O-])c1)N1CCN(S(=O)(=O)c2ccc(Cl)cc2)CC1. The standard InChI is InChI=1S/C21H23ClN4O5S/c22-17-4-6-18(7-5-17)32(30,31)25-13-11-24(12-14-25)21(27)16-3-8-19(20(15-16)26(28)29)23-9-1-2-10-23/h3-8,15H,1-2,9-14H2. The van der Waals surface area contributed by atoms with Crippen molar-refractivity contribution in [3.63, 3.8) is 0 Å². The van der Waals surface area contributed by atoms with Gasteiger partial charge in [-0.2, -0.15) is 4.31 Å². The number of piperazine rings is 1. The number of amides is 1. The van der Waals surface area contributed by atoms with Crippen LogP contribution in [-0.2, 0) is 10.0 Å². The lowest BCUT2D eigenvalue weighted by atomic mass is 10.1. The first-order valence-electron chi connectivity index (χ1n) is 10.4. The van der Waals surface area contributed by atoms with Crippen LogP contribution in [0.1, 0.15) is 23.2 Å². The molecule has 2 heterocycles. The Kier molecular flexibility index (Phi) is 6.36. The lowest BCUT2D eigenvalue weighted by molar-refractivity contribution is -0.384. The number of nitro benzene ring substituents is 1. The zero-order valence-electron chi connectivity index (χ0n) is 17.3. The fraction of sp³-hybridized carbons (Fsp3) is 0.381. The molecule has 0 saturated carbocycles. The van der Waals surface area contributed by atoms with E-state index in [9.17, 15) is 23.3 Å². The van der Waals surface area contributed by atoms with Crippen LogP contribution >= 0.6 is 11.6 Å². The second-order valence-electron chi connectivity index (χ2n) is 7.80. The van der Waals surface area contributed by atoms with Crippen molar-refractivity contribution in [2.45, 2.75) is 17.7 Å². The number of nitro groups is 1. The number of rotatable bonds is 5. The molecule has 0 bridgehead atoms. The first-order valence-corrected chi connectivity index (χ1v) is 12.2. The maximum absolute atomic E-state index is 13.0. The van der Waals surface area contributed by atoms with Crippen molar-refractivity contribution in [1.29, 1.82) is 0 Å². The minimum absolute atomic E-state index is 0.0818. The number of carbonyl (C=O) groups excluding carboxylic acids is 1. The molecule has 4 rings (SSSR count). The topological polar surface area (TPSA) is 104 Å². The van der Waals surface area contributed by atoms with E-state index in [0.29, 0.717) is 10.7 Å². The van der Waals surface area contributed by atoms with Crippen LogP contribution in [0, 0.1) is 10.1 Å². The van der Waals surface area contributed by atoms with E-state index in [4.69, 9.17) is 11.6 Å². The van der Waals surface area contributed by atoms with E-state index in [0.717, 1.165) is 25.9 Å². The van der Waals surface area contributed by atoms with Crippen LogP contribution in [0.15, 0.2) is 47.4 Å². The van der Waals surface area contributed by atoms with Gasteiger partial charge < -0.3 is 9.80 Å². The van der Waals surface area contributed by atoms with Crippen LogP contribution in [0.2, 0.25) is 5.02 Å². The van der Waals surface area contributed by atoms with E-state index >= 15 is 0 Å². The summed E-state index contributed by atoms with van der Waals surface area (Å²) in [4.78, 5) is 27.8. The third-order valence-electron chi connectivity index (χ3n) is 5.84. The summed E-state index contributed by atoms with van der Waals surface area (Å²) < 4.78 is 27.0. The molecule has 0 radical (unpaired) electrons. The van der Waals surface area contributed by atoms with E-state index in [2.05, 4.69) is 0 Å². The van der Waals surface area contributed by atoms with Gasteiger partial charge in [-0.05, 0) is 49.2 Å². The van der Waals surface area contributed by atoms with E-state index in [-0.39, 0.29) is 48.2 Å². The molecule has 0 spiro atoms. The summed E-state index contributed by atoms with van der Waals surface area (Å²) in [5.74, 6) is -0.343. The number of benzene rings is 2. The molecule has 1 amide bonds. The van der Waals surface area contributed by atoms with Crippen molar-refractivity contribution < 1.29 is 18.1 Å². The molecule has 0 atom stereocenters. The Morgan fingerprint density at radius 3 is 2.16 bits per heavy atom. The number of nitrogens with zero attached hydrogens (tertiary/aromatic N) is 4. The van der Waals surface area contributed by atoms with Crippen molar-refractivity contribution in [3.05, 3.63) is 63.2 Å². The van der Waals surface area contributed by atoms with E-state index in [1.165, 1.54) is 39.5 Å². The summed E-state index contributed by atoms with van der Waals surface area (Å²) in [5, 5.41) is 12.1. The zero-order valence-corrected chi connectivity index (χ0v) is 18.9. The van der Waals surface area contributed by atoms with Crippen LogP contribution in [0.5, 0.6) is 0 Å². The molecule has 0 aromatic heterocycles. The predicted molar refractivity (Wildman–Crippen MR) is 121 cm³/mol. The van der Waals surface area contributed by atoms with Gasteiger partial charge in [0.25, 0.3) is 11.6 Å². The van der Waals surface area contributed by atoms with Crippen molar-refractivity contribution in [2.75, 3.05) is 44.2 Å². The summed E-state index contributed by atoms with van der Waals surface area (Å²) in [6.07, 6.45) is 1.97. The van der Waals surface area contributed by atoms with Crippen LogP contribution in [0.3, 0.4) is 0 Å². The van der Waals surface area contributed by atoms with Gasteiger partial charge in [-0.25, -0.2) is 8.42 Å². The van der Waals surface area contributed by atoms with Gasteiger partial charge in [0, 0.05) is 55.9 Å². The summed E-state index contributed by atoms with van der Waals surface area (Å²) in [5.41, 5.74) is 0.679. The second-order valence-corrected chi connectivity index (χ2v) is 10.2. The molecule has 0 N–H and O–H groups in total. The first kappa shape index (κ1) is 22.5. The molecule has 2 aliphatic rings. The van der Waals surface area contributed by atoms with Gasteiger partial charge in [-0.1, -0.05) is 11.6 Å². The normalized spacial score (nSPS) is 17.5. The highest BCUT2D eigenvalue weighted by molar-refractivity contribution is 7.89. The van der Waals surface area contributed by atoms with Crippen LogP contribution in [0.4, 0.5) is 11.4 Å². The minimum Gasteiger partial charge on any atom is -0.366 e. The van der Waals surface area contributed by atoms with E-state index < -0.39 is 14.9 Å². The smallest absolute Gasteiger partial charge is 0.293 e. The number of halogens is 1. The second kappa shape index (κ2) is 9.05. The maximum atomic E-state index is 13.0. The van der Waals surface area contributed by atoms with Crippen LogP contribution in [-0.4, -0.2) is 67.7 Å². The molecule has 0 unspecified atom stereocenters. The monoisotopic (exact) mass is 478 g/mol. The molecule has 170 valence electrons. The number of anilines is 1. The molecule has 11 heteroatoms. The molecule has 32 heavy (non-hydrogen) atoms. The number of sulfonamides is 1.